The van der Waals surface area contributed by atoms with Crippen molar-refractivity contribution in [1.29, 1.82) is 0 Å². The van der Waals surface area contributed by atoms with E-state index < -0.39 is 23.5 Å². The minimum Gasteiger partial charge on any atom is -0.467 e. The number of rotatable bonds is 7. The first-order chi connectivity index (χ1) is 15.3. The van der Waals surface area contributed by atoms with Crippen molar-refractivity contribution in [3.63, 3.8) is 0 Å². The molecule has 2 aromatic carbocycles. The third kappa shape index (κ3) is 5.90. The molecule has 0 aromatic heterocycles. The van der Waals surface area contributed by atoms with Crippen molar-refractivity contribution >= 4 is 41.2 Å². The Hall–Kier alpha value is -2.38. The van der Waals surface area contributed by atoms with Crippen LogP contribution in [0.3, 0.4) is 0 Å². The molecule has 0 bridgehead atoms. The molecule has 1 aliphatic heterocycles. The van der Waals surface area contributed by atoms with Crippen molar-refractivity contribution in [3.05, 3.63) is 75.3 Å². The van der Waals surface area contributed by atoms with E-state index in [4.69, 9.17) is 32.7 Å². The van der Waals surface area contributed by atoms with Gasteiger partial charge in [0.25, 0.3) is 5.91 Å². The number of carbonyl (C=O) groups excluding carboxylic acids is 2. The molecule has 1 aliphatic rings. The Balaban J connectivity index is 1.66. The Kier molecular flexibility index (Phi) is 8.32. The Bertz CT molecular complexity index is 964. The summed E-state index contributed by atoms with van der Waals surface area (Å²) < 4.78 is 10.1. The second-order valence-electron chi connectivity index (χ2n) is 7.55. The predicted molar refractivity (Wildman–Crippen MR) is 124 cm³/mol. The van der Waals surface area contributed by atoms with Gasteiger partial charge in [0, 0.05) is 26.1 Å². The van der Waals surface area contributed by atoms with Gasteiger partial charge in [-0.2, -0.15) is 0 Å². The summed E-state index contributed by atoms with van der Waals surface area (Å²) in [7, 11) is 1.26. The number of nitrogens with one attached hydrogen (secondary N) is 1. The van der Waals surface area contributed by atoms with E-state index in [1.54, 1.807) is 24.3 Å². The lowest BCUT2D eigenvalue weighted by Gasteiger charge is -2.32. The lowest BCUT2D eigenvalue weighted by Crippen LogP contribution is -2.41. The number of carbonyl (C=O) groups is 2. The largest absolute Gasteiger partial charge is 0.467 e. The van der Waals surface area contributed by atoms with Crippen LogP contribution in [0.1, 0.15) is 40.7 Å². The van der Waals surface area contributed by atoms with Crippen LogP contribution in [0.15, 0.2) is 48.5 Å². The van der Waals surface area contributed by atoms with E-state index in [0.29, 0.717) is 26.1 Å². The van der Waals surface area contributed by atoms with Crippen LogP contribution in [0.2, 0.25) is 10.0 Å². The van der Waals surface area contributed by atoms with E-state index in [9.17, 15) is 14.7 Å². The molecular weight excluding hydrogens is 453 g/mol. The summed E-state index contributed by atoms with van der Waals surface area (Å²) >= 11 is 12.2. The Morgan fingerprint density at radius 1 is 1.16 bits per heavy atom. The molecule has 2 N–H and O–H groups in total. The lowest BCUT2D eigenvalue weighted by molar-refractivity contribution is -0.142. The number of methoxy groups -OCH3 is 1. The summed E-state index contributed by atoms with van der Waals surface area (Å²) in [4.78, 5) is 24.8. The standard InChI is InChI=1S/C24H25Cl2NO5/c1-31-23(29)20(27-22(28)21-18(25)5-3-6-19(21)26)7-2-4-16-8-10-17(11-9-16)24(30)12-14-32-15-13-24/h2-6,8-11,20,30H,7,12-15H2,1H3,(H,27,28). The average Bonchev–Trinajstić information content (AvgIpc) is 2.78. The first kappa shape index (κ1) is 24.3. The van der Waals surface area contributed by atoms with E-state index >= 15 is 0 Å². The van der Waals surface area contributed by atoms with Crippen LogP contribution in [0.5, 0.6) is 0 Å². The molecule has 170 valence electrons. The second kappa shape index (κ2) is 11.0. The molecular formula is C24H25Cl2NO5. The van der Waals surface area contributed by atoms with E-state index in [1.165, 1.54) is 7.11 Å². The summed E-state index contributed by atoms with van der Waals surface area (Å²) in [6, 6.07) is 11.4. The number of benzene rings is 2. The maximum Gasteiger partial charge on any atom is 0.328 e. The fraction of sp³-hybridized carbons (Fsp3) is 0.333. The quantitative estimate of drug-likeness (QED) is 0.578. The van der Waals surface area contributed by atoms with Crippen LogP contribution in [0.4, 0.5) is 0 Å². The number of esters is 1. The van der Waals surface area contributed by atoms with Crippen molar-refractivity contribution < 1.29 is 24.2 Å². The Morgan fingerprint density at radius 3 is 2.38 bits per heavy atom. The van der Waals surface area contributed by atoms with E-state index in [2.05, 4.69) is 5.32 Å². The number of ether oxygens (including phenoxy) is 2. The molecule has 3 rings (SSSR count). The van der Waals surface area contributed by atoms with Crippen LogP contribution >= 0.6 is 23.2 Å². The molecule has 2 aromatic rings. The van der Waals surface area contributed by atoms with Crippen molar-refractivity contribution in [1.82, 2.24) is 5.32 Å². The highest BCUT2D eigenvalue weighted by molar-refractivity contribution is 6.39. The first-order valence-corrected chi connectivity index (χ1v) is 11.0. The Morgan fingerprint density at radius 2 is 1.78 bits per heavy atom. The maximum atomic E-state index is 12.6. The van der Waals surface area contributed by atoms with Gasteiger partial charge in [-0.15, -0.1) is 0 Å². The van der Waals surface area contributed by atoms with Crippen LogP contribution in [0, 0.1) is 0 Å². The van der Waals surface area contributed by atoms with E-state index in [-0.39, 0.29) is 22.0 Å². The van der Waals surface area contributed by atoms with Crippen molar-refractivity contribution in [2.45, 2.75) is 30.9 Å². The van der Waals surface area contributed by atoms with Crippen molar-refractivity contribution in [3.8, 4) is 0 Å². The van der Waals surface area contributed by atoms with Crippen LogP contribution < -0.4 is 5.32 Å². The zero-order valence-corrected chi connectivity index (χ0v) is 19.2. The van der Waals surface area contributed by atoms with Gasteiger partial charge in [-0.25, -0.2) is 4.79 Å². The number of aliphatic hydroxyl groups is 1. The number of hydrogen-bond donors (Lipinski definition) is 2. The first-order valence-electron chi connectivity index (χ1n) is 10.2. The fourth-order valence-corrected chi connectivity index (χ4v) is 4.11. The molecule has 1 atom stereocenters. The monoisotopic (exact) mass is 477 g/mol. The number of amides is 1. The van der Waals surface area contributed by atoms with Gasteiger partial charge < -0.3 is 19.9 Å². The number of hydrogen-bond acceptors (Lipinski definition) is 5. The van der Waals surface area contributed by atoms with E-state index in [0.717, 1.165) is 11.1 Å². The molecule has 1 heterocycles. The molecule has 1 amide bonds. The highest BCUT2D eigenvalue weighted by Gasteiger charge is 2.31. The molecule has 0 saturated carbocycles. The third-order valence-corrected chi connectivity index (χ3v) is 6.06. The highest BCUT2D eigenvalue weighted by atomic mass is 35.5. The van der Waals surface area contributed by atoms with Gasteiger partial charge in [0.2, 0.25) is 0 Å². The molecule has 32 heavy (non-hydrogen) atoms. The summed E-state index contributed by atoms with van der Waals surface area (Å²) in [5.41, 5.74) is 0.999. The summed E-state index contributed by atoms with van der Waals surface area (Å²) in [6.07, 6.45) is 4.95. The summed E-state index contributed by atoms with van der Waals surface area (Å²) in [6.45, 7) is 1.08. The smallest absolute Gasteiger partial charge is 0.328 e. The summed E-state index contributed by atoms with van der Waals surface area (Å²) in [5, 5.41) is 13.8. The molecule has 1 fully saturated rings. The SMILES string of the molecule is COC(=O)C(CC=Cc1ccc(C2(O)CCOCC2)cc1)NC(=O)c1c(Cl)cccc1Cl. The van der Waals surface area contributed by atoms with Gasteiger partial charge in [-0.05, 0) is 29.7 Å². The lowest BCUT2D eigenvalue weighted by atomic mass is 9.86. The molecule has 6 nitrogen and oxygen atoms in total. The van der Waals surface area contributed by atoms with Crippen molar-refractivity contribution in [2.75, 3.05) is 20.3 Å². The normalized spacial score (nSPS) is 16.5. The molecule has 0 spiro atoms. The molecule has 0 aliphatic carbocycles. The van der Waals surface area contributed by atoms with Gasteiger partial charge in [0.05, 0.1) is 28.3 Å². The van der Waals surface area contributed by atoms with Crippen molar-refractivity contribution in [2.24, 2.45) is 0 Å². The van der Waals surface area contributed by atoms with Gasteiger partial charge in [-0.1, -0.05) is 65.7 Å². The average molecular weight is 478 g/mol. The topological polar surface area (TPSA) is 84.9 Å². The highest BCUT2D eigenvalue weighted by Crippen LogP contribution is 2.32. The van der Waals surface area contributed by atoms with Crippen LogP contribution in [-0.4, -0.2) is 43.3 Å². The zero-order chi connectivity index (χ0) is 23.1. The number of halogens is 2. The molecule has 0 radical (unpaired) electrons. The molecule has 1 saturated heterocycles. The molecule has 8 heteroatoms. The van der Waals surface area contributed by atoms with Crippen LogP contribution in [0.25, 0.3) is 6.08 Å². The third-order valence-electron chi connectivity index (χ3n) is 5.43. The predicted octanol–water partition coefficient (Wildman–Crippen LogP) is 4.37. The maximum absolute atomic E-state index is 12.6. The van der Waals surface area contributed by atoms with E-state index in [1.807, 2.05) is 30.3 Å². The minimum absolute atomic E-state index is 0.107. The Labute approximate surface area is 197 Å². The van der Waals surface area contributed by atoms with Crippen LogP contribution in [-0.2, 0) is 19.9 Å². The van der Waals surface area contributed by atoms with Gasteiger partial charge in [-0.3, -0.25) is 4.79 Å². The van der Waals surface area contributed by atoms with Gasteiger partial charge in [0.1, 0.15) is 6.04 Å². The molecule has 1 unspecified atom stereocenters. The zero-order valence-electron chi connectivity index (χ0n) is 17.6. The van der Waals surface area contributed by atoms with Gasteiger partial charge >= 0.3 is 5.97 Å². The fourth-order valence-electron chi connectivity index (χ4n) is 3.54. The summed E-state index contributed by atoms with van der Waals surface area (Å²) in [5.74, 6) is -1.14. The second-order valence-corrected chi connectivity index (χ2v) is 8.36. The van der Waals surface area contributed by atoms with Gasteiger partial charge in [0.15, 0.2) is 0 Å². The minimum atomic E-state index is -0.904.